The van der Waals surface area contributed by atoms with Gasteiger partial charge in [0.05, 0.1) is 0 Å². The first-order valence-electron chi connectivity index (χ1n) is 6.98. The van der Waals surface area contributed by atoms with Gasteiger partial charge >= 0.3 is 18.9 Å². The molecule has 2 fully saturated rings. The molecule has 0 spiro atoms. The van der Waals surface area contributed by atoms with Crippen LogP contribution in [0.4, 0.5) is 0 Å². The number of hydrogen-bond donors (Lipinski definition) is 0. The molecule has 15 heavy (non-hydrogen) atoms. The third-order valence-electron chi connectivity index (χ3n) is 5.73. The van der Waals surface area contributed by atoms with Gasteiger partial charge in [0.25, 0.3) is 0 Å². The van der Waals surface area contributed by atoms with Crippen LogP contribution in [0.15, 0.2) is 0 Å². The van der Waals surface area contributed by atoms with E-state index in [-0.39, 0.29) is 25.6 Å². The molecule has 82 valence electrons. The Hall–Kier alpha value is 0.662. The predicted octanol–water partition coefficient (Wildman–Crippen LogP) is 1.23. The topological polar surface area (TPSA) is 0 Å². The Labute approximate surface area is 108 Å². The Morgan fingerprint density at radius 2 is 1.20 bits per heavy atom. The molecule has 0 radical (unpaired) electrons. The third kappa shape index (κ3) is 2.86. The molecule has 2 rings (SSSR count). The van der Waals surface area contributed by atoms with Gasteiger partial charge in [-0.2, -0.15) is 18.5 Å². The van der Waals surface area contributed by atoms with E-state index in [1.165, 1.54) is 25.7 Å². The summed E-state index contributed by atoms with van der Waals surface area (Å²) >= 11 is 0. The van der Waals surface area contributed by atoms with Crippen molar-refractivity contribution in [3.63, 3.8) is 0 Å². The minimum Gasteiger partial charge on any atom is -0.192 e. The minimum absolute atomic E-state index is 0. The SMILES string of the molecule is C[BH-](C1CCCC1C)C1CCCC1C.[Li+]. The van der Waals surface area contributed by atoms with Crippen LogP contribution in [-0.2, 0) is 0 Å². The van der Waals surface area contributed by atoms with Crippen LogP contribution in [0.1, 0.15) is 52.4 Å². The summed E-state index contributed by atoms with van der Waals surface area (Å²) in [5.41, 5.74) is 0. The van der Waals surface area contributed by atoms with Gasteiger partial charge in [-0.25, -0.2) is 0 Å². The second kappa shape index (κ2) is 5.83. The maximum absolute atomic E-state index is 2.62. The molecule has 0 saturated heterocycles. The third-order valence-corrected chi connectivity index (χ3v) is 5.73. The van der Waals surface area contributed by atoms with E-state index in [0.29, 0.717) is 0 Å². The van der Waals surface area contributed by atoms with E-state index < -0.39 is 0 Å². The molecule has 2 aliphatic rings. The first kappa shape index (κ1) is 13.7. The van der Waals surface area contributed by atoms with Crippen molar-refractivity contribution in [3.05, 3.63) is 0 Å². The molecule has 0 aliphatic heterocycles. The van der Waals surface area contributed by atoms with Crippen LogP contribution < -0.4 is 18.9 Å². The van der Waals surface area contributed by atoms with Gasteiger partial charge in [0.2, 0.25) is 0 Å². The first-order chi connectivity index (χ1) is 6.70. The average molecular weight is 200 g/mol. The molecular formula is C13H26BLi. The standard InChI is InChI=1S/C13H26B.Li/c1-10-6-4-8-12(10)14(3)13-9-5-7-11(13)2;/h10-14H,4-9H2,1-3H3;/q-1;+1. The van der Waals surface area contributed by atoms with Gasteiger partial charge in [0, 0.05) is 0 Å². The summed E-state index contributed by atoms with van der Waals surface area (Å²) in [7, 11) is 0. The molecule has 2 saturated carbocycles. The Balaban J connectivity index is 0.00000112. The van der Waals surface area contributed by atoms with Crippen LogP contribution in [0.3, 0.4) is 0 Å². The van der Waals surface area contributed by atoms with Crippen molar-refractivity contribution in [2.45, 2.75) is 70.8 Å². The zero-order valence-corrected chi connectivity index (χ0v) is 11.3. The number of hydrogen-bond acceptors (Lipinski definition) is 0. The monoisotopic (exact) mass is 200 g/mol. The van der Waals surface area contributed by atoms with Crippen molar-refractivity contribution in [1.29, 1.82) is 0 Å². The number of rotatable bonds is 2. The summed E-state index contributed by atoms with van der Waals surface area (Å²) < 4.78 is 0. The van der Waals surface area contributed by atoms with Gasteiger partial charge in [-0.15, -0.1) is 0 Å². The van der Waals surface area contributed by atoms with E-state index in [2.05, 4.69) is 20.7 Å². The second-order valence-electron chi connectivity index (χ2n) is 6.39. The molecule has 0 aromatic heterocycles. The minimum atomic E-state index is 0. The molecule has 4 unspecified atom stereocenters. The smallest absolute Gasteiger partial charge is 0.192 e. The largest absolute Gasteiger partial charge is 1.00 e. The fourth-order valence-corrected chi connectivity index (χ4v) is 4.75. The Morgan fingerprint density at radius 1 is 0.800 bits per heavy atom. The molecule has 0 aromatic carbocycles. The van der Waals surface area contributed by atoms with Crippen molar-refractivity contribution in [2.24, 2.45) is 11.8 Å². The van der Waals surface area contributed by atoms with E-state index in [1.54, 1.807) is 12.8 Å². The summed E-state index contributed by atoms with van der Waals surface area (Å²) in [5, 5.41) is 0. The molecule has 2 heteroatoms. The molecule has 0 amide bonds. The normalized spacial score (nSPS) is 42.6. The summed E-state index contributed by atoms with van der Waals surface area (Å²) in [4.78, 5) is 0. The van der Waals surface area contributed by atoms with Gasteiger partial charge in [-0.05, 0) is 6.71 Å². The first-order valence-corrected chi connectivity index (χ1v) is 6.98. The molecule has 0 aromatic rings. The summed E-state index contributed by atoms with van der Waals surface area (Å²) in [6, 6.07) is 0. The summed E-state index contributed by atoms with van der Waals surface area (Å²) in [6.07, 6.45) is 9.18. The van der Waals surface area contributed by atoms with Gasteiger partial charge in [0.15, 0.2) is 0 Å². The maximum atomic E-state index is 2.62. The molecule has 0 heterocycles. The van der Waals surface area contributed by atoms with Crippen LogP contribution >= 0.6 is 0 Å². The van der Waals surface area contributed by atoms with Gasteiger partial charge in [-0.1, -0.05) is 64.2 Å². The Morgan fingerprint density at radius 3 is 1.47 bits per heavy atom. The van der Waals surface area contributed by atoms with Gasteiger partial charge in [0.1, 0.15) is 0 Å². The zero-order valence-electron chi connectivity index (χ0n) is 11.3. The Bertz CT molecular complexity index is 175. The van der Waals surface area contributed by atoms with Crippen molar-refractivity contribution < 1.29 is 18.9 Å². The van der Waals surface area contributed by atoms with Crippen LogP contribution in [-0.4, -0.2) is 6.71 Å². The Kier molecular flexibility index (Phi) is 5.34. The van der Waals surface area contributed by atoms with Crippen LogP contribution in [0.2, 0.25) is 18.5 Å². The zero-order chi connectivity index (χ0) is 10.1. The summed E-state index contributed by atoms with van der Waals surface area (Å²) in [6.45, 7) is 7.77. The molecular weight excluding hydrogens is 174 g/mol. The second-order valence-corrected chi connectivity index (χ2v) is 6.39. The van der Waals surface area contributed by atoms with E-state index in [9.17, 15) is 0 Å². The fraction of sp³-hybridized carbons (Fsp3) is 1.00. The molecule has 2 aliphatic carbocycles. The van der Waals surface area contributed by atoms with E-state index in [0.717, 1.165) is 23.5 Å². The molecule has 0 N–H and O–H groups in total. The maximum Gasteiger partial charge on any atom is 1.00 e. The quantitative estimate of drug-likeness (QED) is 0.588. The average Bonchev–Trinajstić information content (AvgIpc) is 2.73. The predicted molar refractivity (Wildman–Crippen MR) is 66.5 cm³/mol. The molecule has 0 bridgehead atoms. The van der Waals surface area contributed by atoms with Crippen molar-refractivity contribution in [3.8, 4) is 0 Å². The van der Waals surface area contributed by atoms with Crippen LogP contribution in [0.5, 0.6) is 0 Å². The van der Waals surface area contributed by atoms with E-state index in [1.807, 2.05) is 0 Å². The molecule has 4 atom stereocenters. The van der Waals surface area contributed by atoms with Gasteiger partial charge in [-0.3, -0.25) is 0 Å². The van der Waals surface area contributed by atoms with Crippen LogP contribution in [0, 0.1) is 11.8 Å². The van der Waals surface area contributed by atoms with Crippen molar-refractivity contribution in [2.75, 3.05) is 0 Å². The molecule has 0 nitrogen and oxygen atoms in total. The van der Waals surface area contributed by atoms with E-state index >= 15 is 0 Å². The van der Waals surface area contributed by atoms with E-state index in [4.69, 9.17) is 0 Å². The van der Waals surface area contributed by atoms with Crippen molar-refractivity contribution in [1.82, 2.24) is 0 Å². The summed E-state index contributed by atoms with van der Waals surface area (Å²) in [5.74, 6) is 4.38. The van der Waals surface area contributed by atoms with Crippen LogP contribution in [0.25, 0.3) is 0 Å². The fourth-order valence-electron chi connectivity index (χ4n) is 4.75. The van der Waals surface area contributed by atoms with Gasteiger partial charge < -0.3 is 0 Å². The van der Waals surface area contributed by atoms with Crippen molar-refractivity contribution >= 4 is 6.71 Å².